The smallest absolute Gasteiger partial charge is 0.240 e. The zero-order valence-electron chi connectivity index (χ0n) is 7.10. The quantitative estimate of drug-likeness (QED) is 0.524. The maximum absolute atomic E-state index is 9.91. The van der Waals surface area contributed by atoms with Crippen LogP contribution in [0.15, 0.2) is 29.3 Å². The molecule has 0 spiro atoms. The molecule has 0 heterocycles. The van der Waals surface area contributed by atoms with Crippen LogP contribution in [-0.4, -0.2) is 12.6 Å². The summed E-state index contributed by atoms with van der Waals surface area (Å²) in [5.41, 5.74) is 12.6. The van der Waals surface area contributed by atoms with Crippen LogP contribution in [0.2, 0.25) is 0 Å². The Hall–Kier alpha value is -1.48. The fraction of sp³-hybridized carbons (Fsp3) is 0.222. The average Bonchev–Trinajstić information content (AvgIpc) is 2.18. The van der Waals surface area contributed by atoms with Crippen LogP contribution in [0.25, 0.3) is 0 Å². The Morgan fingerprint density at radius 3 is 2.46 bits per heavy atom. The molecule has 1 rings (SSSR count). The van der Waals surface area contributed by atoms with Gasteiger partial charge in [-0.3, -0.25) is 0 Å². The molecule has 0 aliphatic heterocycles. The Balaban J connectivity index is 2.86. The number of benzene rings is 1. The van der Waals surface area contributed by atoms with Crippen LogP contribution >= 0.6 is 0 Å². The van der Waals surface area contributed by atoms with Crippen LogP contribution in [0.3, 0.4) is 0 Å². The van der Waals surface area contributed by atoms with Crippen LogP contribution in [0, 0.1) is 0 Å². The molecule has 0 aliphatic rings. The van der Waals surface area contributed by atoms with Gasteiger partial charge in [0, 0.05) is 12.6 Å². The number of isocyanates is 1. The van der Waals surface area contributed by atoms with E-state index in [1.165, 1.54) is 6.08 Å². The summed E-state index contributed by atoms with van der Waals surface area (Å²) < 4.78 is 0. The van der Waals surface area contributed by atoms with Crippen molar-refractivity contribution >= 4 is 11.8 Å². The van der Waals surface area contributed by atoms with E-state index in [2.05, 4.69) is 4.99 Å². The first-order valence-corrected chi connectivity index (χ1v) is 3.91. The van der Waals surface area contributed by atoms with Gasteiger partial charge in [-0.05, 0) is 17.7 Å². The largest absolute Gasteiger partial charge is 0.329 e. The van der Waals surface area contributed by atoms with Gasteiger partial charge in [-0.15, -0.1) is 0 Å². The predicted octanol–water partition coefficient (Wildman–Crippen LogP) is 0.612. The first-order chi connectivity index (χ1) is 6.27. The van der Waals surface area contributed by atoms with Gasteiger partial charge in [-0.2, -0.15) is 4.99 Å². The summed E-state index contributed by atoms with van der Waals surface area (Å²) in [5.74, 6) is 0. The third kappa shape index (κ3) is 2.49. The number of carbonyl (C=O) groups excluding carboxylic acids is 1. The highest BCUT2D eigenvalue weighted by molar-refractivity contribution is 5.49. The number of nitrogens with zero attached hydrogens (tertiary/aromatic N) is 1. The summed E-state index contributed by atoms with van der Waals surface area (Å²) in [5, 5.41) is 0. The van der Waals surface area contributed by atoms with E-state index in [4.69, 9.17) is 11.5 Å². The highest BCUT2D eigenvalue weighted by atomic mass is 16.1. The summed E-state index contributed by atoms with van der Waals surface area (Å²) >= 11 is 0. The van der Waals surface area contributed by atoms with E-state index in [1.807, 2.05) is 0 Å². The monoisotopic (exact) mass is 177 g/mol. The molecule has 0 saturated heterocycles. The molecule has 13 heavy (non-hydrogen) atoms. The fourth-order valence-electron chi connectivity index (χ4n) is 0.985. The molecule has 1 aromatic rings. The number of rotatable bonds is 3. The van der Waals surface area contributed by atoms with E-state index < -0.39 is 0 Å². The van der Waals surface area contributed by atoms with Crippen LogP contribution in [-0.2, 0) is 4.79 Å². The van der Waals surface area contributed by atoms with Crippen molar-refractivity contribution in [2.45, 2.75) is 6.04 Å². The van der Waals surface area contributed by atoms with Crippen LogP contribution in [0.4, 0.5) is 5.69 Å². The van der Waals surface area contributed by atoms with Gasteiger partial charge in [0.25, 0.3) is 0 Å². The van der Waals surface area contributed by atoms with Crippen molar-refractivity contribution in [2.24, 2.45) is 16.5 Å². The molecular weight excluding hydrogens is 166 g/mol. The lowest BCUT2D eigenvalue weighted by atomic mass is 10.1. The Morgan fingerprint density at radius 1 is 1.38 bits per heavy atom. The SMILES string of the molecule is NCC(N)c1ccc(N=C=O)cc1. The average molecular weight is 177 g/mol. The van der Waals surface area contributed by atoms with Crippen LogP contribution in [0.1, 0.15) is 11.6 Å². The predicted molar refractivity (Wildman–Crippen MR) is 50.2 cm³/mol. The Bertz CT molecular complexity index is 314. The molecule has 4 nitrogen and oxygen atoms in total. The molecule has 0 radical (unpaired) electrons. The summed E-state index contributed by atoms with van der Waals surface area (Å²) in [6.07, 6.45) is 1.47. The van der Waals surface area contributed by atoms with E-state index in [0.29, 0.717) is 12.2 Å². The van der Waals surface area contributed by atoms with E-state index in [-0.39, 0.29) is 6.04 Å². The zero-order valence-corrected chi connectivity index (χ0v) is 7.10. The van der Waals surface area contributed by atoms with Gasteiger partial charge in [0.15, 0.2) is 0 Å². The molecule has 68 valence electrons. The second-order valence-corrected chi connectivity index (χ2v) is 2.64. The molecule has 0 bridgehead atoms. The molecule has 4 heteroatoms. The zero-order chi connectivity index (χ0) is 9.68. The first-order valence-electron chi connectivity index (χ1n) is 3.91. The summed E-state index contributed by atoms with van der Waals surface area (Å²) in [4.78, 5) is 13.4. The molecule has 1 unspecified atom stereocenters. The molecule has 0 amide bonds. The van der Waals surface area contributed by atoms with Crippen molar-refractivity contribution in [3.63, 3.8) is 0 Å². The minimum absolute atomic E-state index is 0.158. The normalized spacial score (nSPS) is 11.8. The maximum Gasteiger partial charge on any atom is 0.240 e. The topological polar surface area (TPSA) is 81.5 Å². The number of hydrogen-bond acceptors (Lipinski definition) is 4. The standard InChI is InChI=1S/C9H11N3O/c10-5-9(11)7-1-3-8(4-2-7)12-6-13/h1-4,9H,5,10-11H2. The molecule has 0 fully saturated rings. The molecular formula is C9H11N3O. The first kappa shape index (κ1) is 9.61. The number of hydrogen-bond donors (Lipinski definition) is 2. The Kier molecular flexibility index (Phi) is 3.34. The van der Waals surface area contributed by atoms with Crippen molar-refractivity contribution in [1.29, 1.82) is 0 Å². The van der Waals surface area contributed by atoms with Crippen molar-refractivity contribution in [1.82, 2.24) is 0 Å². The molecule has 1 aromatic carbocycles. The second-order valence-electron chi connectivity index (χ2n) is 2.64. The minimum atomic E-state index is -0.158. The van der Waals surface area contributed by atoms with E-state index >= 15 is 0 Å². The molecule has 0 saturated carbocycles. The van der Waals surface area contributed by atoms with Crippen LogP contribution < -0.4 is 11.5 Å². The molecule has 4 N–H and O–H groups in total. The van der Waals surface area contributed by atoms with Crippen molar-refractivity contribution in [3.8, 4) is 0 Å². The highest BCUT2D eigenvalue weighted by Gasteiger charge is 2.01. The molecule has 1 atom stereocenters. The van der Waals surface area contributed by atoms with Gasteiger partial charge < -0.3 is 11.5 Å². The highest BCUT2D eigenvalue weighted by Crippen LogP contribution is 2.15. The number of nitrogens with two attached hydrogens (primary N) is 2. The van der Waals surface area contributed by atoms with Gasteiger partial charge in [-0.25, -0.2) is 4.79 Å². The van der Waals surface area contributed by atoms with Crippen molar-refractivity contribution in [3.05, 3.63) is 29.8 Å². The van der Waals surface area contributed by atoms with Crippen molar-refractivity contribution in [2.75, 3.05) is 6.54 Å². The van der Waals surface area contributed by atoms with Gasteiger partial charge in [0.2, 0.25) is 6.08 Å². The van der Waals surface area contributed by atoms with Gasteiger partial charge in [-0.1, -0.05) is 12.1 Å². The summed E-state index contributed by atoms with van der Waals surface area (Å²) in [6, 6.07) is 6.85. The lowest BCUT2D eigenvalue weighted by Gasteiger charge is -2.07. The fourth-order valence-corrected chi connectivity index (χ4v) is 0.985. The van der Waals surface area contributed by atoms with Gasteiger partial charge in [0.05, 0.1) is 5.69 Å². The molecule has 0 aliphatic carbocycles. The summed E-state index contributed by atoms with van der Waals surface area (Å²) in [6.45, 7) is 0.399. The summed E-state index contributed by atoms with van der Waals surface area (Å²) in [7, 11) is 0. The van der Waals surface area contributed by atoms with Crippen LogP contribution in [0.5, 0.6) is 0 Å². The second kappa shape index (κ2) is 4.52. The Morgan fingerprint density at radius 2 is 2.00 bits per heavy atom. The van der Waals surface area contributed by atoms with E-state index in [1.54, 1.807) is 24.3 Å². The third-order valence-corrected chi connectivity index (χ3v) is 1.75. The minimum Gasteiger partial charge on any atom is -0.329 e. The van der Waals surface area contributed by atoms with Gasteiger partial charge >= 0.3 is 0 Å². The molecule has 0 aromatic heterocycles. The van der Waals surface area contributed by atoms with E-state index in [9.17, 15) is 4.79 Å². The van der Waals surface area contributed by atoms with Crippen molar-refractivity contribution < 1.29 is 4.79 Å². The van der Waals surface area contributed by atoms with Gasteiger partial charge in [0.1, 0.15) is 0 Å². The Labute approximate surface area is 76.3 Å². The lowest BCUT2D eigenvalue weighted by Crippen LogP contribution is -2.20. The maximum atomic E-state index is 9.91. The third-order valence-electron chi connectivity index (χ3n) is 1.75. The van der Waals surface area contributed by atoms with E-state index in [0.717, 1.165) is 5.56 Å². The number of aliphatic imine (C=N–C) groups is 1. The lowest BCUT2D eigenvalue weighted by molar-refractivity contribution is 0.565.